The van der Waals surface area contributed by atoms with Crippen LogP contribution in [-0.4, -0.2) is 85.2 Å². The molecular formula is C35H34Cl2F3N3O7. The largest absolute Gasteiger partial charge is 0.478 e. The van der Waals surface area contributed by atoms with Crippen LogP contribution in [0.25, 0.3) is 11.1 Å². The van der Waals surface area contributed by atoms with Gasteiger partial charge in [-0.25, -0.2) is 9.18 Å². The average molecular weight is 737 g/mol. The molecule has 10 nitrogen and oxygen atoms in total. The number of benzene rings is 3. The van der Waals surface area contributed by atoms with E-state index in [4.69, 9.17) is 32.7 Å². The number of nitrogens with zero attached hydrogens (tertiary/aromatic N) is 3. The molecular weight excluding hydrogens is 702 g/mol. The maximum Gasteiger partial charge on any atom is 0.345 e. The molecule has 2 unspecified atom stereocenters. The minimum atomic E-state index is -2.77. The summed E-state index contributed by atoms with van der Waals surface area (Å²) in [7, 11) is 0. The number of halogens is 5. The summed E-state index contributed by atoms with van der Waals surface area (Å²) in [6.07, 6.45) is 2.44. The second kappa shape index (κ2) is 13.1. The lowest BCUT2D eigenvalue weighted by atomic mass is 9.61. The molecule has 1 amide bonds. The highest BCUT2D eigenvalue weighted by Gasteiger charge is 2.53. The molecule has 266 valence electrons. The summed E-state index contributed by atoms with van der Waals surface area (Å²) in [6, 6.07) is 11.3. The van der Waals surface area contributed by atoms with Crippen molar-refractivity contribution in [3.63, 3.8) is 0 Å². The fourth-order valence-corrected chi connectivity index (χ4v) is 8.89. The number of amides is 1. The van der Waals surface area contributed by atoms with Gasteiger partial charge in [-0.3, -0.25) is 4.79 Å². The Bertz CT molecular complexity index is 1810. The van der Waals surface area contributed by atoms with Gasteiger partial charge in [0.25, 0.3) is 5.91 Å². The first kappa shape index (κ1) is 34.7. The van der Waals surface area contributed by atoms with Crippen molar-refractivity contribution in [1.82, 2.24) is 4.90 Å². The molecule has 4 heterocycles. The van der Waals surface area contributed by atoms with Crippen molar-refractivity contribution in [2.24, 2.45) is 5.41 Å². The van der Waals surface area contributed by atoms with Crippen LogP contribution in [0.2, 0.25) is 10.0 Å². The van der Waals surface area contributed by atoms with Crippen LogP contribution in [0.1, 0.15) is 52.0 Å². The molecule has 3 aromatic rings. The Morgan fingerprint density at radius 3 is 2.32 bits per heavy atom. The highest BCUT2D eigenvalue weighted by Crippen LogP contribution is 2.52. The van der Waals surface area contributed by atoms with Crippen molar-refractivity contribution in [1.29, 1.82) is 0 Å². The third kappa shape index (κ3) is 5.92. The minimum absolute atomic E-state index is 0. The van der Waals surface area contributed by atoms with E-state index in [9.17, 15) is 23.5 Å². The summed E-state index contributed by atoms with van der Waals surface area (Å²) in [4.78, 5) is 31.5. The van der Waals surface area contributed by atoms with Gasteiger partial charge >= 0.3 is 12.6 Å². The Morgan fingerprint density at radius 2 is 1.68 bits per heavy atom. The van der Waals surface area contributed by atoms with Gasteiger partial charge in [-0.1, -0.05) is 41.4 Å². The predicted octanol–water partition coefficient (Wildman–Crippen LogP) is 6.24. The number of carbonyl (C=O) groups is 2. The normalized spacial score (nSPS) is 22.1. The standard InChI is InChI=1S/C35H32Cl2F3N3O6.H2O/c36-26-6-21(42-15-35(16-42)10-22(11-35)49-34(39)40)7-27(37)30(26)32(44)41-12-18-2-1-3-23(31(18)48-17-41)24-9-29(25(33(45)46)8-28(24)38)43-19-4-5-20(43)14-47-13-19;/h1-3,6-9,19-20,22,34H,4-5,10-17H2,(H,45,46);1H2. The highest BCUT2D eigenvalue weighted by molar-refractivity contribution is 6.40. The van der Waals surface area contributed by atoms with Crippen molar-refractivity contribution in [2.45, 2.75) is 57.0 Å². The molecule has 3 N–H and O–H groups in total. The van der Waals surface area contributed by atoms with Gasteiger partial charge in [0.1, 0.15) is 11.6 Å². The minimum Gasteiger partial charge on any atom is -0.478 e. The van der Waals surface area contributed by atoms with E-state index in [-0.39, 0.29) is 63.0 Å². The van der Waals surface area contributed by atoms with E-state index in [1.807, 2.05) is 4.90 Å². The van der Waals surface area contributed by atoms with Gasteiger partial charge in [-0.05, 0) is 49.9 Å². The van der Waals surface area contributed by atoms with Gasteiger partial charge in [0.05, 0.1) is 64.8 Å². The van der Waals surface area contributed by atoms with Crippen molar-refractivity contribution in [3.8, 4) is 16.9 Å². The van der Waals surface area contributed by atoms with E-state index in [0.29, 0.717) is 61.7 Å². The van der Waals surface area contributed by atoms with Gasteiger partial charge < -0.3 is 39.5 Å². The Balaban J connectivity index is 0.00000392. The smallest absolute Gasteiger partial charge is 0.345 e. The third-order valence-corrected chi connectivity index (χ3v) is 11.1. The summed E-state index contributed by atoms with van der Waals surface area (Å²) in [5, 5.41) is 10.3. The van der Waals surface area contributed by atoms with Crippen LogP contribution < -0.4 is 14.5 Å². The molecule has 5 aliphatic rings. The van der Waals surface area contributed by atoms with Crippen molar-refractivity contribution >= 4 is 46.5 Å². The number of para-hydroxylation sites is 1. The fraction of sp³-hybridized carbons (Fsp3) is 0.429. The van der Waals surface area contributed by atoms with Crippen LogP contribution in [0.15, 0.2) is 42.5 Å². The molecule has 2 atom stereocenters. The zero-order valence-electron chi connectivity index (χ0n) is 26.6. The summed E-state index contributed by atoms with van der Waals surface area (Å²) in [6.45, 7) is -0.508. The quantitative estimate of drug-likeness (QED) is 0.303. The molecule has 2 bridgehead atoms. The van der Waals surface area contributed by atoms with Gasteiger partial charge in [0, 0.05) is 40.9 Å². The lowest BCUT2D eigenvalue weighted by Gasteiger charge is -2.59. The molecule has 3 aromatic carbocycles. The van der Waals surface area contributed by atoms with Crippen molar-refractivity contribution < 1.29 is 47.6 Å². The molecule has 4 fully saturated rings. The first-order chi connectivity index (χ1) is 23.5. The summed E-state index contributed by atoms with van der Waals surface area (Å²) >= 11 is 13.3. The topological polar surface area (TPSA) is 123 Å². The lowest BCUT2D eigenvalue weighted by molar-refractivity contribution is -0.211. The molecule has 8 rings (SSSR count). The first-order valence-corrected chi connectivity index (χ1v) is 16.9. The first-order valence-electron chi connectivity index (χ1n) is 16.1. The molecule has 0 aromatic heterocycles. The van der Waals surface area contributed by atoms with E-state index in [2.05, 4.69) is 9.64 Å². The van der Waals surface area contributed by atoms with Crippen LogP contribution in [0.5, 0.6) is 5.75 Å². The van der Waals surface area contributed by atoms with Gasteiger partial charge in [0.2, 0.25) is 0 Å². The molecule has 1 spiro atoms. The Morgan fingerprint density at radius 1 is 1.00 bits per heavy atom. The highest BCUT2D eigenvalue weighted by atomic mass is 35.5. The van der Waals surface area contributed by atoms with Crippen LogP contribution in [0, 0.1) is 11.2 Å². The summed E-state index contributed by atoms with van der Waals surface area (Å²) in [5.74, 6) is -1.94. The number of fused-ring (bicyclic) bond motifs is 3. The molecule has 1 aliphatic carbocycles. The van der Waals surface area contributed by atoms with Gasteiger partial charge in [-0.15, -0.1) is 0 Å². The number of rotatable bonds is 7. The lowest BCUT2D eigenvalue weighted by Crippen LogP contribution is -2.64. The molecule has 50 heavy (non-hydrogen) atoms. The number of alkyl halides is 2. The molecule has 4 aliphatic heterocycles. The third-order valence-electron chi connectivity index (χ3n) is 10.5. The number of carboxylic acids is 1. The number of anilines is 2. The number of aromatic carboxylic acids is 1. The predicted molar refractivity (Wildman–Crippen MR) is 179 cm³/mol. The number of ether oxygens (including phenoxy) is 3. The van der Waals surface area contributed by atoms with E-state index in [1.165, 1.54) is 4.90 Å². The second-order valence-electron chi connectivity index (χ2n) is 13.6. The van der Waals surface area contributed by atoms with Crippen LogP contribution in [0.4, 0.5) is 24.5 Å². The van der Waals surface area contributed by atoms with Crippen molar-refractivity contribution in [2.75, 3.05) is 42.8 Å². The van der Waals surface area contributed by atoms with Gasteiger partial charge in [-0.2, -0.15) is 8.78 Å². The number of carboxylic acid groups (broad SMARTS) is 1. The molecule has 0 radical (unpaired) electrons. The average Bonchev–Trinajstić information content (AvgIpc) is 3.27. The number of carbonyl (C=O) groups excluding carboxylic acids is 1. The summed E-state index contributed by atoms with van der Waals surface area (Å²) in [5.41, 5.74) is 2.44. The Hall–Kier alpha value is -3.75. The maximum atomic E-state index is 15.7. The number of hydrogen-bond donors (Lipinski definition) is 1. The fourth-order valence-electron chi connectivity index (χ4n) is 8.25. The maximum absolute atomic E-state index is 15.7. The van der Waals surface area contributed by atoms with Gasteiger partial charge in [0.15, 0.2) is 6.73 Å². The summed E-state index contributed by atoms with van der Waals surface area (Å²) < 4.78 is 57.2. The monoisotopic (exact) mass is 735 g/mol. The molecule has 1 saturated carbocycles. The second-order valence-corrected chi connectivity index (χ2v) is 14.4. The Labute approximate surface area is 295 Å². The van der Waals surface area contributed by atoms with Crippen LogP contribution in [0.3, 0.4) is 0 Å². The van der Waals surface area contributed by atoms with E-state index in [1.54, 1.807) is 36.4 Å². The van der Waals surface area contributed by atoms with E-state index >= 15 is 4.39 Å². The van der Waals surface area contributed by atoms with Crippen LogP contribution >= 0.6 is 23.2 Å². The van der Waals surface area contributed by atoms with E-state index in [0.717, 1.165) is 24.6 Å². The van der Waals surface area contributed by atoms with Crippen molar-refractivity contribution in [3.05, 3.63) is 75.0 Å². The SMILES string of the molecule is O.O=C(O)c1cc(F)c(-c2cccc3c2OCN(C(=O)c2c(Cl)cc(N4CC5(CC(OC(F)F)C5)C4)cc2Cl)C3)cc1N1C2CCC1COC2. The van der Waals surface area contributed by atoms with E-state index < -0.39 is 30.4 Å². The molecule has 15 heteroatoms. The van der Waals surface area contributed by atoms with Crippen LogP contribution in [-0.2, 0) is 16.0 Å². The Kier molecular flexibility index (Phi) is 9.09. The zero-order valence-corrected chi connectivity index (χ0v) is 28.2. The molecule has 3 saturated heterocycles. The number of morpholine rings is 1. The zero-order chi connectivity index (χ0) is 34.2. The number of hydrogen-bond acceptors (Lipinski definition) is 7.